The summed E-state index contributed by atoms with van der Waals surface area (Å²) in [7, 11) is 0. The van der Waals surface area contributed by atoms with Gasteiger partial charge in [-0.3, -0.25) is 4.79 Å². The first kappa shape index (κ1) is 13.6. The van der Waals surface area contributed by atoms with Crippen molar-refractivity contribution >= 4 is 22.6 Å². The Balaban J connectivity index is 1.77. The van der Waals surface area contributed by atoms with Gasteiger partial charge >= 0.3 is 5.97 Å². The van der Waals surface area contributed by atoms with Crippen molar-refractivity contribution in [2.75, 3.05) is 0 Å². The van der Waals surface area contributed by atoms with Crippen molar-refractivity contribution in [2.45, 2.75) is 25.3 Å². The molecule has 1 saturated carbocycles. The third-order valence-electron chi connectivity index (χ3n) is 3.88. The van der Waals surface area contributed by atoms with Gasteiger partial charge in [0.1, 0.15) is 6.04 Å². The molecule has 1 amide bonds. The molecule has 1 aliphatic carbocycles. The first-order valence-corrected chi connectivity index (χ1v) is 7.16. The summed E-state index contributed by atoms with van der Waals surface area (Å²) >= 11 is 0. The first-order chi connectivity index (χ1) is 10.1. The van der Waals surface area contributed by atoms with Crippen LogP contribution in [0.15, 0.2) is 42.5 Å². The molecule has 21 heavy (non-hydrogen) atoms. The van der Waals surface area contributed by atoms with Gasteiger partial charge < -0.3 is 10.4 Å². The van der Waals surface area contributed by atoms with Gasteiger partial charge in [0.05, 0.1) is 0 Å². The minimum Gasteiger partial charge on any atom is -0.480 e. The van der Waals surface area contributed by atoms with Crippen molar-refractivity contribution in [3.8, 4) is 0 Å². The maximum atomic E-state index is 12.2. The van der Waals surface area contributed by atoms with Gasteiger partial charge in [-0.25, -0.2) is 4.79 Å². The molecule has 0 saturated heterocycles. The maximum absolute atomic E-state index is 12.2. The average molecular weight is 283 g/mol. The zero-order valence-corrected chi connectivity index (χ0v) is 11.6. The number of carbonyl (C=O) groups is 2. The molecule has 2 aromatic carbocycles. The molecule has 0 heterocycles. The average Bonchev–Trinajstić information content (AvgIpc) is 3.30. The minimum absolute atomic E-state index is 0.325. The molecule has 0 aromatic heterocycles. The second-order valence-electron chi connectivity index (χ2n) is 5.61. The topological polar surface area (TPSA) is 66.4 Å². The number of nitrogens with one attached hydrogen (secondary N) is 1. The number of amides is 1. The molecular formula is C17H17NO3. The maximum Gasteiger partial charge on any atom is 0.326 e. The summed E-state index contributed by atoms with van der Waals surface area (Å²) in [6.45, 7) is 0. The molecule has 4 heteroatoms. The van der Waals surface area contributed by atoms with Gasteiger partial charge in [-0.2, -0.15) is 0 Å². The fraction of sp³-hybridized carbons (Fsp3) is 0.294. The Hall–Kier alpha value is -2.36. The number of carbonyl (C=O) groups excluding carboxylic acids is 1. The minimum atomic E-state index is -0.962. The second-order valence-corrected chi connectivity index (χ2v) is 5.61. The van der Waals surface area contributed by atoms with Crippen LogP contribution in [0.3, 0.4) is 0 Å². The van der Waals surface area contributed by atoms with E-state index in [9.17, 15) is 14.7 Å². The third-order valence-corrected chi connectivity index (χ3v) is 3.88. The van der Waals surface area contributed by atoms with Crippen molar-refractivity contribution < 1.29 is 14.7 Å². The highest BCUT2D eigenvalue weighted by molar-refractivity contribution is 6.00. The lowest BCUT2D eigenvalue weighted by atomic mass is 10.1. The zero-order valence-electron chi connectivity index (χ0n) is 11.6. The largest absolute Gasteiger partial charge is 0.480 e. The van der Waals surface area contributed by atoms with Crippen LogP contribution in [0.2, 0.25) is 0 Å². The van der Waals surface area contributed by atoms with Gasteiger partial charge in [-0.1, -0.05) is 43.2 Å². The summed E-state index contributed by atoms with van der Waals surface area (Å²) < 4.78 is 0. The SMILES string of the molecule is O=C(NC(CC1CC1)C(=O)O)c1ccc2ccccc2c1. The molecule has 108 valence electrons. The third kappa shape index (κ3) is 3.21. The summed E-state index contributed by atoms with van der Waals surface area (Å²) in [4.78, 5) is 23.5. The Labute approximate surface area is 122 Å². The summed E-state index contributed by atoms with van der Waals surface area (Å²) in [6, 6.07) is 12.4. The van der Waals surface area contributed by atoms with E-state index < -0.39 is 12.0 Å². The van der Waals surface area contributed by atoms with E-state index in [2.05, 4.69) is 5.32 Å². The van der Waals surface area contributed by atoms with E-state index >= 15 is 0 Å². The predicted octanol–water partition coefficient (Wildman–Crippen LogP) is 2.82. The highest BCUT2D eigenvalue weighted by Crippen LogP contribution is 2.33. The van der Waals surface area contributed by atoms with Crippen molar-refractivity contribution in [3.05, 3.63) is 48.0 Å². The highest BCUT2D eigenvalue weighted by atomic mass is 16.4. The smallest absolute Gasteiger partial charge is 0.326 e. The van der Waals surface area contributed by atoms with Crippen LogP contribution in [0.4, 0.5) is 0 Å². The van der Waals surface area contributed by atoms with Crippen molar-refractivity contribution in [1.29, 1.82) is 0 Å². The normalized spacial score (nSPS) is 15.6. The van der Waals surface area contributed by atoms with Crippen LogP contribution < -0.4 is 5.32 Å². The standard InChI is InChI=1S/C17H17NO3/c19-16(18-15(17(20)21)9-11-5-6-11)14-8-7-12-3-1-2-4-13(12)10-14/h1-4,7-8,10-11,15H,5-6,9H2,(H,18,19)(H,20,21). The van der Waals surface area contributed by atoms with Crippen molar-refractivity contribution in [2.24, 2.45) is 5.92 Å². The summed E-state index contributed by atoms with van der Waals surface area (Å²) in [6.07, 6.45) is 2.65. The fourth-order valence-electron chi connectivity index (χ4n) is 2.48. The fourth-order valence-corrected chi connectivity index (χ4v) is 2.48. The van der Waals surface area contributed by atoms with E-state index in [0.29, 0.717) is 17.9 Å². The quantitative estimate of drug-likeness (QED) is 0.886. The Morgan fingerprint density at radius 2 is 1.86 bits per heavy atom. The lowest BCUT2D eigenvalue weighted by molar-refractivity contribution is -0.139. The lowest BCUT2D eigenvalue weighted by Gasteiger charge is -2.14. The number of carboxylic acids is 1. The van der Waals surface area contributed by atoms with E-state index in [0.717, 1.165) is 23.6 Å². The molecule has 2 aromatic rings. The van der Waals surface area contributed by atoms with Crippen LogP contribution >= 0.6 is 0 Å². The van der Waals surface area contributed by atoms with Crippen LogP contribution in [0.1, 0.15) is 29.6 Å². The summed E-state index contributed by atoms with van der Waals surface area (Å²) in [5.41, 5.74) is 0.496. The molecule has 4 nitrogen and oxygen atoms in total. The molecule has 0 bridgehead atoms. The first-order valence-electron chi connectivity index (χ1n) is 7.16. The number of hydrogen-bond acceptors (Lipinski definition) is 2. The van der Waals surface area contributed by atoms with E-state index in [4.69, 9.17) is 0 Å². The molecule has 3 rings (SSSR count). The Morgan fingerprint density at radius 3 is 2.52 bits per heavy atom. The molecule has 1 fully saturated rings. The van der Waals surface area contributed by atoms with E-state index in [-0.39, 0.29) is 5.91 Å². The van der Waals surface area contributed by atoms with E-state index in [1.165, 1.54) is 0 Å². The van der Waals surface area contributed by atoms with E-state index in [1.807, 2.05) is 30.3 Å². The van der Waals surface area contributed by atoms with Crippen LogP contribution in [-0.2, 0) is 4.79 Å². The molecule has 0 radical (unpaired) electrons. The molecule has 2 N–H and O–H groups in total. The Bertz CT molecular complexity index is 691. The molecule has 1 unspecified atom stereocenters. The second kappa shape index (κ2) is 5.56. The van der Waals surface area contributed by atoms with Crippen molar-refractivity contribution in [1.82, 2.24) is 5.32 Å². The molecular weight excluding hydrogens is 266 g/mol. The van der Waals surface area contributed by atoms with Gasteiger partial charge in [0, 0.05) is 5.56 Å². The van der Waals surface area contributed by atoms with Gasteiger partial charge in [-0.15, -0.1) is 0 Å². The number of rotatable bonds is 5. The number of benzene rings is 2. The number of fused-ring (bicyclic) bond motifs is 1. The monoisotopic (exact) mass is 283 g/mol. The van der Waals surface area contributed by atoms with E-state index in [1.54, 1.807) is 12.1 Å². The van der Waals surface area contributed by atoms with Crippen LogP contribution in [0.5, 0.6) is 0 Å². The zero-order chi connectivity index (χ0) is 14.8. The summed E-state index contributed by atoms with van der Waals surface area (Å²) in [5, 5.41) is 13.9. The van der Waals surface area contributed by atoms with Gasteiger partial charge in [0.2, 0.25) is 0 Å². The van der Waals surface area contributed by atoms with Crippen molar-refractivity contribution in [3.63, 3.8) is 0 Å². The number of aliphatic carboxylic acids is 1. The summed E-state index contributed by atoms with van der Waals surface area (Å²) in [5.74, 6) is -0.840. The molecule has 0 spiro atoms. The molecule has 1 atom stereocenters. The Kier molecular flexibility index (Phi) is 3.60. The van der Waals surface area contributed by atoms with Gasteiger partial charge in [0.15, 0.2) is 0 Å². The van der Waals surface area contributed by atoms with Crippen LogP contribution in [0, 0.1) is 5.92 Å². The van der Waals surface area contributed by atoms with Gasteiger partial charge in [-0.05, 0) is 35.2 Å². The predicted molar refractivity (Wildman–Crippen MR) is 80.2 cm³/mol. The van der Waals surface area contributed by atoms with Crippen LogP contribution in [0.25, 0.3) is 10.8 Å². The highest BCUT2D eigenvalue weighted by Gasteiger charge is 2.30. The Morgan fingerprint density at radius 1 is 1.14 bits per heavy atom. The lowest BCUT2D eigenvalue weighted by Crippen LogP contribution is -2.41. The number of carboxylic acid groups (broad SMARTS) is 1. The molecule has 0 aliphatic heterocycles. The molecule has 1 aliphatic rings. The number of hydrogen-bond donors (Lipinski definition) is 2. The van der Waals surface area contributed by atoms with Crippen LogP contribution in [-0.4, -0.2) is 23.0 Å². The van der Waals surface area contributed by atoms with Gasteiger partial charge in [0.25, 0.3) is 5.91 Å².